The average Bonchev–Trinajstić information content (AvgIpc) is 3.46. The van der Waals surface area contributed by atoms with Gasteiger partial charge in [-0.25, -0.2) is 0 Å². The fourth-order valence-electron chi connectivity index (χ4n) is 4.50. The molecule has 0 radical (unpaired) electrons. The van der Waals surface area contributed by atoms with E-state index in [2.05, 4.69) is 9.78 Å². The van der Waals surface area contributed by atoms with Crippen LogP contribution in [0.1, 0.15) is 33.9 Å². The molecule has 3 aromatic rings. The minimum atomic E-state index is -0.0164. The van der Waals surface area contributed by atoms with E-state index >= 15 is 0 Å². The Kier molecular flexibility index (Phi) is 4.49. The van der Waals surface area contributed by atoms with Crippen LogP contribution in [0.2, 0.25) is 0 Å². The van der Waals surface area contributed by atoms with Crippen molar-refractivity contribution < 1.29 is 14.3 Å². The predicted octanol–water partition coefficient (Wildman–Crippen LogP) is 2.45. The number of methoxy groups -OCH3 is 2. The molecule has 1 aromatic carbocycles. The quantitative estimate of drug-likeness (QED) is 0.664. The van der Waals surface area contributed by atoms with Gasteiger partial charge in [0.2, 0.25) is 0 Å². The molecule has 2 aromatic heterocycles. The van der Waals surface area contributed by atoms with Crippen LogP contribution < -0.4 is 9.47 Å². The van der Waals surface area contributed by atoms with E-state index in [9.17, 15) is 4.79 Å². The molecule has 0 saturated heterocycles. The molecule has 0 unspecified atom stereocenters. The number of carbonyl (C=O) groups is 1. The minimum absolute atomic E-state index is 0.0164. The monoisotopic (exact) mass is 407 g/mol. The highest BCUT2D eigenvalue weighted by Gasteiger charge is 2.30. The lowest BCUT2D eigenvalue weighted by molar-refractivity contribution is 0.0694. The fourth-order valence-corrected chi connectivity index (χ4v) is 4.50. The van der Waals surface area contributed by atoms with E-state index in [4.69, 9.17) is 14.6 Å². The summed E-state index contributed by atoms with van der Waals surface area (Å²) in [6, 6.07) is 7.39. The summed E-state index contributed by atoms with van der Waals surface area (Å²) in [6.07, 6.45) is 3.28. The van der Waals surface area contributed by atoms with Gasteiger partial charge in [-0.1, -0.05) is 0 Å². The number of aryl methyl sites for hydroxylation is 2. The number of rotatable bonds is 4. The Morgan fingerprint density at radius 3 is 2.73 bits per heavy atom. The second-order valence-corrected chi connectivity index (χ2v) is 7.78. The third kappa shape index (κ3) is 2.94. The maximum absolute atomic E-state index is 13.4. The van der Waals surface area contributed by atoms with Crippen molar-refractivity contribution in [1.29, 1.82) is 0 Å². The molecule has 30 heavy (non-hydrogen) atoms. The van der Waals surface area contributed by atoms with Gasteiger partial charge in [0.05, 0.1) is 44.4 Å². The van der Waals surface area contributed by atoms with Crippen molar-refractivity contribution in [2.24, 2.45) is 7.05 Å². The van der Waals surface area contributed by atoms with Gasteiger partial charge in [-0.3, -0.25) is 14.2 Å². The first-order valence-electron chi connectivity index (χ1n) is 10.2. The number of benzene rings is 1. The van der Waals surface area contributed by atoms with Gasteiger partial charge >= 0.3 is 0 Å². The van der Waals surface area contributed by atoms with Crippen LogP contribution in [0.15, 0.2) is 24.3 Å². The third-order valence-corrected chi connectivity index (χ3v) is 6.08. The van der Waals surface area contributed by atoms with Crippen molar-refractivity contribution in [3.63, 3.8) is 0 Å². The standard InChI is InChI=1S/C22H25N5O3/c1-25-19(12-18(23-25)16-11-14(29-2)7-8-21(16)30-3)22(28)26-9-10-27-20(13-26)15-5-4-6-17(15)24-27/h7-8,11-12H,4-6,9-10,13H2,1-3H3. The van der Waals surface area contributed by atoms with Crippen molar-refractivity contribution in [3.8, 4) is 22.8 Å². The molecule has 3 heterocycles. The molecule has 0 fully saturated rings. The van der Waals surface area contributed by atoms with Crippen molar-refractivity contribution >= 4 is 5.91 Å². The minimum Gasteiger partial charge on any atom is -0.497 e. The van der Waals surface area contributed by atoms with Crippen LogP contribution in [-0.2, 0) is 33.0 Å². The van der Waals surface area contributed by atoms with Gasteiger partial charge in [0.1, 0.15) is 17.2 Å². The van der Waals surface area contributed by atoms with Gasteiger partial charge < -0.3 is 14.4 Å². The molecule has 1 aliphatic carbocycles. The van der Waals surface area contributed by atoms with Crippen molar-refractivity contribution in [3.05, 3.63) is 46.9 Å². The molecule has 1 amide bonds. The zero-order valence-corrected chi connectivity index (χ0v) is 17.5. The van der Waals surface area contributed by atoms with Crippen LogP contribution in [0.3, 0.4) is 0 Å². The molecule has 5 rings (SSSR count). The van der Waals surface area contributed by atoms with E-state index in [0.29, 0.717) is 36.0 Å². The van der Waals surface area contributed by atoms with Crippen LogP contribution in [0.25, 0.3) is 11.3 Å². The van der Waals surface area contributed by atoms with Crippen LogP contribution in [0, 0.1) is 0 Å². The van der Waals surface area contributed by atoms with E-state index in [0.717, 1.165) is 31.4 Å². The Labute approximate surface area is 175 Å². The summed E-state index contributed by atoms with van der Waals surface area (Å²) in [4.78, 5) is 15.3. The van der Waals surface area contributed by atoms with Crippen LogP contribution >= 0.6 is 0 Å². The summed E-state index contributed by atoms with van der Waals surface area (Å²) >= 11 is 0. The van der Waals surface area contributed by atoms with Gasteiger partial charge in [0.25, 0.3) is 5.91 Å². The Balaban J connectivity index is 1.45. The van der Waals surface area contributed by atoms with Crippen molar-refractivity contribution in [2.75, 3.05) is 20.8 Å². The number of hydrogen-bond donors (Lipinski definition) is 0. The second kappa shape index (κ2) is 7.19. The first-order chi connectivity index (χ1) is 14.6. The van der Waals surface area contributed by atoms with Gasteiger partial charge in [0, 0.05) is 19.2 Å². The molecule has 0 saturated carbocycles. The van der Waals surface area contributed by atoms with Gasteiger partial charge in [-0.15, -0.1) is 0 Å². The molecule has 0 bridgehead atoms. The van der Waals surface area contributed by atoms with E-state index in [-0.39, 0.29) is 5.91 Å². The topological polar surface area (TPSA) is 74.4 Å². The Bertz CT molecular complexity index is 1130. The molecule has 8 heteroatoms. The lowest BCUT2D eigenvalue weighted by Gasteiger charge is -2.28. The molecule has 156 valence electrons. The highest BCUT2D eigenvalue weighted by molar-refractivity contribution is 5.94. The number of amides is 1. The van der Waals surface area contributed by atoms with E-state index < -0.39 is 0 Å². The Hall–Kier alpha value is -3.29. The second-order valence-electron chi connectivity index (χ2n) is 7.78. The number of carbonyl (C=O) groups excluding carboxylic acids is 1. The Morgan fingerprint density at radius 2 is 1.93 bits per heavy atom. The lowest BCUT2D eigenvalue weighted by atomic mass is 10.1. The predicted molar refractivity (Wildman–Crippen MR) is 111 cm³/mol. The summed E-state index contributed by atoms with van der Waals surface area (Å²) in [6.45, 7) is 1.99. The number of aromatic nitrogens is 4. The van der Waals surface area contributed by atoms with Crippen LogP contribution in [0.5, 0.6) is 11.5 Å². The van der Waals surface area contributed by atoms with E-state index in [1.807, 2.05) is 29.2 Å². The summed E-state index contributed by atoms with van der Waals surface area (Å²) in [7, 11) is 5.04. The third-order valence-electron chi connectivity index (χ3n) is 6.08. The Morgan fingerprint density at radius 1 is 1.07 bits per heavy atom. The van der Waals surface area contributed by atoms with Crippen LogP contribution in [-0.4, -0.2) is 51.1 Å². The molecule has 0 atom stereocenters. The maximum Gasteiger partial charge on any atom is 0.272 e. The van der Waals surface area contributed by atoms with Crippen molar-refractivity contribution in [2.45, 2.75) is 32.4 Å². The molecule has 0 spiro atoms. The molecule has 0 N–H and O–H groups in total. The molecular weight excluding hydrogens is 382 g/mol. The number of fused-ring (bicyclic) bond motifs is 3. The highest BCUT2D eigenvalue weighted by atomic mass is 16.5. The summed E-state index contributed by atoms with van der Waals surface area (Å²) < 4.78 is 14.6. The number of hydrogen-bond acceptors (Lipinski definition) is 5. The smallest absolute Gasteiger partial charge is 0.272 e. The summed E-state index contributed by atoms with van der Waals surface area (Å²) in [5.41, 5.74) is 5.78. The lowest BCUT2D eigenvalue weighted by Crippen LogP contribution is -2.39. The summed E-state index contributed by atoms with van der Waals surface area (Å²) in [5, 5.41) is 9.32. The highest BCUT2D eigenvalue weighted by Crippen LogP contribution is 2.33. The van der Waals surface area contributed by atoms with Crippen molar-refractivity contribution in [1.82, 2.24) is 24.5 Å². The summed E-state index contributed by atoms with van der Waals surface area (Å²) in [5.74, 6) is 1.38. The number of ether oxygens (including phenoxy) is 2. The van der Waals surface area contributed by atoms with Gasteiger partial charge in [-0.2, -0.15) is 10.2 Å². The zero-order valence-electron chi connectivity index (χ0n) is 17.5. The molecular formula is C22H25N5O3. The van der Waals surface area contributed by atoms with E-state index in [1.54, 1.807) is 25.9 Å². The first-order valence-corrected chi connectivity index (χ1v) is 10.2. The largest absolute Gasteiger partial charge is 0.497 e. The van der Waals surface area contributed by atoms with Crippen LogP contribution in [0.4, 0.5) is 0 Å². The molecule has 8 nitrogen and oxygen atoms in total. The molecule has 2 aliphatic rings. The van der Waals surface area contributed by atoms with E-state index in [1.165, 1.54) is 17.0 Å². The molecule has 1 aliphatic heterocycles. The maximum atomic E-state index is 13.4. The average molecular weight is 407 g/mol. The SMILES string of the molecule is COc1ccc(OC)c(-c2cc(C(=O)N3CCn4nc5c(c4C3)CCC5)n(C)n2)c1. The zero-order chi connectivity index (χ0) is 20.8. The number of nitrogens with zero attached hydrogens (tertiary/aromatic N) is 5. The van der Waals surface area contributed by atoms with Gasteiger partial charge in [0.15, 0.2) is 0 Å². The first kappa shape index (κ1) is 18.7. The van der Waals surface area contributed by atoms with Gasteiger partial charge in [-0.05, 0) is 49.1 Å². The normalized spacial score (nSPS) is 15.1. The fraction of sp³-hybridized carbons (Fsp3) is 0.409.